The van der Waals surface area contributed by atoms with Crippen molar-refractivity contribution < 1.29 is 4.79 Å². The van der Waals surface area contributed by atoms with E-state index >= 15 is 0 Å². The summed E-state index contributed by atoms with van der Waals surface area (Å²) in [7, 11) is 0. The largest absolute Gasteiger partial charge is 0.398 e. The summed E-state index contributed by atoms with van der Waals surface area (Å²) in [6.45, 7) is 8.13. The van der Waals surface area contributed by atoms with Crippen molar-refractivity contribution in [3.05, 3.63) is 47.7 Å². The lowest BCUT2D eigenvalue weighted by Gasteiger charge is -2.12. The van der Waals surface area contributed by atoms with Gasteiger partial charge in [0.05, 0.1) is 22.5 Å². The summed E-state index contributed by atoms with van der Waals surface area (Å²) in [6.07, 6.45) is 4.13. The van der Waals surface area contributed by atoms with Crippen LogP contribution in [0.4, 0.5) is 5.69 Å². The molecule has 1 heterocycles. The molecule has 0 radical (unpaired) electrons. The molecular formula is C19H22N2O. The molecule has 1 aromatic heterocycles. The predicted molar refractivity (Wildman–Crippen MR) is 91.0 cm³/mol. The first-order valence-electron chi connectivity index (χ1n) is 7.88. The molecule has 1 unspecified atom stereocenters. The number of pyridine rings is 1. The number of anilines is 1. The van der Waals surface area contributed by atoms with E-state index in [9.17, 15) is 4.79 Å². The van der Waals surface area contributed by atoms with Crippen molar-refractivity contribution in [2.45, 2.75) is 33.1 Å². The molecule has 114 valence electrons. The van der Waals surface area contributed by atoms with Gasteiger partial charge in [-0.05, 0) is 24.3 Å². The highest BCUT2D eigenvalue weighted by Gasteiger charge is 2.33. The number of para-hydroxylation sites is 1. The Balaban J connectivity index is 2.18. The maximum absolute atomic E-state index is 12.5. The van der Waals surface area contributed by atoms with Gasteiger partial charge in [-0.15, -0.1) is 6.58 Å². The monoisotopic (exact) mass is 294 g/mol. The molecule has 0 spiro atoms. The molecule has 3 nitrogen and oxygen atoms in total. The fourth-order valence-electron chi connectivity index (χ4n) is 3.37. The zero-order valence-electron chi connectivity index (χ0n) is 13.2. The van der Waals surface area contributed by atoms with Crippen LogP contribution in [0.15, 0.2) is 30.9 Å². The topological polar surface area (TPSA) is 56.0 Å². The molecule has 0 saturated heterocycles. The van der Waals surface area contributed by atoms with Crippen LogP contribution >= 0.6 is 0 Å². The van der Waals surface area contributed by atoms with Crippen molar-refractivity contribution >= 4 is 22.4 Å². The van der Waals surface area contributed by atoms with Crippen LogP contribution in [0, 0.1) is 11.8 Å². The van der Waals surface area contributed by atoms with Crippen molar-refractivity contribution in [2.75, 3.05) is 5.73 Å². The zero-order chi connectivity index (χ0) is 15.9. The number of hydrogen-bond acceptors (Lipinski definition) is 3. The van der Waals surface area contributed by atoms with E-state index in [4.69, 9.17) is 10.7 Å². The van der Waals surface area contributed by atoms with Crippen LogP contribution in [0.25, 0.3) is 10.9 Å². The van der Waals surface area contributed by atoms with Gasteiger partial charge in [0.2, 0.25) is 0 Å². The smallest absolute Gasteiger partial charge is 0.170 e. The lowest BCUT2D eigenvalue weighted by atomic mass is 9.97. The maximum Gasteiger partial charge on any atom is 0.170 e. The first kappa shape index (κ1) is 14.8. The molecule has 0 aliphatic heterocycles. The third kappa shape index (κ3) is 2.31. The minimum atomic E-state index is -0.0485. The van der Waals surface area contributed by atoms with E-state index in [1.807, 2.05) is 12.1 Å². The van der Waals surface area contributed by atoms with Crippen molar-refractivity contribution in [2.24, 2.45) is 11.8 Å². The highest BCUT2D eigenvalue weighted by molar-refractivity contribution is 6.11. The summed E-state index contributed by atoms with van der Waals surface area (Å²) >= 11 is 0. The normalized spacial score (nSPS) is 17.2. The number of fused-ring (bicyclic) bond motifs is 2. The Morgan fingerprint density at radius 1 is 1.45 bits per heavy atom. The van der Waals surface area contributed by atoms with E-state index in [0.717, 1.165) is 23.0 Å². The number of carbonyl (C=O) groups excluding carboxylic acids is 1. The third-order valence-electron chi connectivity index (χ3n) is 4.35. The first-order chi connectivity index (χ1) is 10.5. The number of ketones is 1. The second-order valence-corrected chi connectivity index (χ2v) is 6.55. The molecule has 2 N–H and O–H groups in total. The number of Topliss-reactive ketones (excluding diaryl/α,β-unsaturated/α-hetero) is 1. The Morgan fingerprint density at radius 2 is 2.23 bits per heavy atom. The van der Waals surface area contributed by atoms with Gasteiger partial charge in [-0.1, -0.05) is 38.1 Å². The number of aromatic nitrogens is 1. The molecule has 0 amide bonds. The Kier molecular flexibility index (Phi) is 3.73. The van der Waals surface area contributed by atoms with E-state index in [-0.39, 0.29) is 11.7 Å². The van der Waals surface area contributed by atoms with E-state index in [0.29, 0.717) is 30.0 Å². The van der Waals surface area contributed by atoms with Gasteiger partial charge in [-0.25, -0.2) is 0 Å². The fraction of sp³-hybridized carbons (Fsp3) is 0.368. The average molecular weight is 294 g/mol. The summed E-state index contributed by atoms with van der Waals surface area (Å²) in [5, 5.41) is 0.907. The van der Waals surface area contributed by atoms with Crippen LogP contribution in [0.3, 0.4) is 0 Å². The second kappa shape index (κ2) is 5.56. The molecular weight excluding hydrogens is 272 g/mol. The Labute approximate surface area is 131 Å². The molecule has 0 fully saturated rings. The van der Waals surface area contributed by atoms with Crippen LogP contribution in [-0.4, -0.2) is 10.8 Å². The lowest BCUT2D eigenvalue weighted by Crippen LogP contribution is -2.09. The van der Waals surface area contributed by atoms with Gasteiger partial charge >= 0.3 is 0 Å². The molecule has 0 bridgehead atoms. The molecule has 3 heteroatoms. The maximum atomic E-state index is 12.5. The first-order valence-corrected chi connectivity index (χ1v) is 7.88. The summed E-state index contributed by atoms with van der Waals surface area (Å²) in [4.78, 5) is 17.4. The number of nitrogen functional groups attached to an aromatic ring is 1. The van der Waals surface area contributed by atoms with E-state index < -0.39 is 0 Å². The van der Waals surface area contributed by atoms with E-state index in [1.54, 1.807) is 6.08 Å². The molecule has 22 heavy (non-hydrogen) atoms. The van der Waals surface area contributed by atoms with Crippen LogP contribution in [0.5, 0.6) is 0 Å². The van der Waals surface area contributed by atoms with Crippen LogP contribution in [-0.2, 0) is 12.8 Å². The van der Waals surface area contributed by atoms with Gasteiger partial charge in [0.25, 0.3) is 0 Å². The summed E-state index contributed by atoms with van der Waals surface area (Å²) in [5.41, 5.74) is 10.6. The molecule has 1 aliphatic rings. The SMILES string of the molecule is C=CCC1Cc2nc3c(CC(C)C)cccc3c(N)c2C1=O. The standard InChI is InChI=1S/C19H22N2O/c1-4-6-13-10-15-16(19(13)22)17(20)14-8-5-7-12(9-11(2)3)18(14)21-15/h4-5,7-8,11,13H,1,6,9-10H2,2-3H3,(H2,20,21). The summed E-state index contributed by atoms with van der Waals surface area (Å²) in [5.74, 6) is 0.626. The van der Waals surface area contributed by atoms with Crippen molar-refractivity contribution in [1.29, 1.82) is 0 Å². The number of benzene rings is 1. The van der Waals surface area contributed by atoms with Gasteiger partial charge < -0.3 is 5.73 Å². The number of nitrogens with two attached hydrogens (primary N) is 1. The minimum absolute atomic E-state index is 0.0485. The fourth-order valence-corrected chi connectivity index (χ4v) is 3.37. The van der Waals surface area contributed by atoms with E-state index in [1.165, 1.54) is 5.56 Å². The molecule has 2 aromatic rings. The molecule has 1 aliphatic carbocycles. The van der Waals surface area contributed by atoms with E-state index in [2.05, 4.69) is 26.5 Å². The van der Waals surface area contributed by atoms with Crippen LogP contribution < -0.4 is 5.73 Å². The van der Waals surface area contributed by atoms with Crippen molar-refractivity contribution in [3.63, 3.8) is 0 Å². The highest BCUT2D eigenvalue weighted by Crippen LogP contribution is 2.36. The van der Waals surface area contributed by atoms with Gasteiger partial charge in [0, 0.05) is 17.7 Å². The summed E-state index contributed by atoms with van der Waals surface area (Å²) < 4.78 is 0. The Bertz CT molecular complexity index is 762. The second-order valence-electron chi connectivity index (χ2n) is 6.55. The molecule has 1 atom stereocenters. The number of carbonyl (C=O) groups is 1. The van der Waals surface area contributed by atoms with Gasteiger partial charge in [0.1, 0.15) is 0 Å². The zero-order valence-corrected chi connectivity index (χ0v) is 13.2. The van der Waals surface area contributed by atoms with Gasteiger partial charge in [-0.3, -0.25) is 9.78 Å². The highest BCUT2D eigenvalue weighted by atomic mass is 16.1. The lowest BCUT2D eigenvalue weighted by molar-refractivity contribution is 0.0938. The van der Waals surface area contributed by atoms with Crippen LogP contribution in [0.2, 0.25) is 0 Å². The van der Waals surface area contributed by atoms with Gasteiger partial charge in [-0.2, -0.15) is 0 Å². The molecule has 3 rings (SSSR count). The third-order valence-corrected chi connectivity index (χ3v) is 4.35. The molecule has 0 saturated carbocycles. The number of hydrogen-bond donors (Lipinski definition) is 1. The summed E-state index contributed by atoms with van der Waals surface area (Å²) in [6, 6.07) is 6.08. The Morgan fingerprint density at radius 3 is 2.91 bits per heavy atom. The quantitative estimate of drug-likeness (QED) is 0.869. The number of allylic oxidation sites excluding steroid dienone is 1. The molecule has 1 aromatic carbocycles. The Hall–Kier alpha value is -2.16. The number of rotatable bonds is 4. The van der Waals surface area contributed by atoms with Crippen molar-refractivity contribution in [1.82, 2.24) is 4.98 Å². The minimum Gasteiger partial charge on any atom is -0.398 e. The van der Waals surface area contributed by atoms with Crippen LogP contribution in [0.1, 0.15) is 41.9 Å². The number of nitrogens with zero attached hydrogens (tertiary/aromatic N) is 1. The van der Waals surface area contributed by atoms with Crippen molar-refractivity contribution in [3.8, 4) is 0 Å². The predicted octanol–water partition coefficient (Wildman–Crippen LogP) is 3.95. The average Bonchev–Trinajstić information content (AvgIpc) is 2.77. The van der Waals surface area contributed by atoms with Gasteiger partial charge in [0.15, 0.2) is 5.78 Å².